The van der Waals surface area contributed by atoms with Crippen molar-refractivity contribution in [1.29, 1.82) is 0 Å². The fraction of sp³-hybridized carbons (Fsp3) is 0.0435. The van der Waals surface area contributed by atoms with Gasteiger partial charge in [0.05, 0.1) is 12.0 Å². The summed E-state index contributed by atoms with van der Waals surface area (Å²) in [7, 11) is -2.30. The summed E-state index contributed by atoms with van der Waals surface area (Å²) < 4.78 is 32.7. The molecule has 162 valence electrons. The van der Waals surface area contributed by atoms with Crippen molar-refractivity contribution in [2.45, 2.75) is 4.90 Å². The summed E-state index contributed by atoms with van der Waals surface area (Å²) >= 11 is 6.16. The Hall–Kier alpha value is -3.62. The Morgan fingerprint density at radius 1 is 0.781 bits per heavy atom. The number of fused-ring (bicyclic) bond motifs is 1. The van der Waals surface area contributed by atoms with Crippen molar-refractivity contribution < 1.29 is 22.7 Å². The maximum atomic E-state index is 12.8. The van der Waals surface area contributed by atoms with Crippen LogP contribution in [0.5, 0.6) is 5.75 Å². The van der Waals surface area contributed by atoms with Gasteiger partial charge in [0.15, 0.2) is 0 Å². The molecule has 4 rings (SSSR count). The minimum atomic E-state index is -3.79. The highest BCUT2D eigenvalue weighted by atomic mass is 35.5. The number of hydrogen-bond donors (Lipinski definition) is 2. The van der Waals surface area contributed by atoms with Crippen LogP contribution in [-0.4, -0.2) is 27.1 Å². The zero-order valence-electron chi connectivity index (χ0n) is 16.8. The number of allylic oxidation sites excluding steroid dienone is 2. The van der Waals surface area contributed by atoms with Crippen molar-refractivity contribution in [2.24, 2.45) is 0 Å². The first kappa shape index (κ1) is 21.6. The Labute approximate surface area is 189 Å². The number of carbonyl (C=O) groups excluding carboxylic acids is 2. The van der Waals surface area contributed by atoms with Crippen LogP contribution in [0.1, 0.15) is 20.7 Å². The van der Waals surface area contributed by atoms with Gasteiger partial charge in [-0.3, -0.25) is 14.3 Å². The monoisotopic (exact) mass is 468 g/mol. The minimum absolute atomic E-state index is 0.0260. The van der Waals surface area contributed by atoms with Gasteiger partial charge in [0.25, 0.3) is 10.0 Å². The van der Waals surface area contributed by atoms with Gasteiger partial charge in [0.1, 0.15) is 16.5 Å². The van der Waals surface area contributed by atoms with E-state index < -0.39 is 21.6 Å². The molecule has 0 heterocycles. The quantitative estimate of drug-likeness (QED) is 0.554. The molecule has 32 heavy (non-hydrogen) atoms. The lowest BCUT2D eigenvalue weighted by Crippen LogP contribution is -2.24. The van der Waals surface area contributed by atoms with E-state index >= 15 is 0 Å². The Morgan fingerprint density at radius 2 is 1.34 bits per heavy atom. The molecule has 2 N–H and O–H groups in total. The molecule has 0 saturated carbocycles. The minimum Gasteiger partial charge on any atom is -0.497 e. The molecule has 0 spiro atoms. The summed E-state index contributed by atoms with van der Waals surface area (Å²) in [5.74, 6) is -0.284. The van der Waals surface area contributed by atoms with Crippen molar-refractivity contribution in [3.05, 3.63) is 94.7 Å². The molecule has 0 radical (unpaired) electrons. The van der Waals surface area contributed by atoms with Crippen molar-refractivity contribution in [2.75, 3.05) is 17.1 Å². The number of sulfonamides is 1. The molecule has 0 fully saturated rings. The number of anilines is 2. The molecule has 0 aliphatic heterocycles. The lowest BCUT2D eigenvalue weighted by atomic mass is 9.92. The number of ketones is 2. The smallest absolute Gasteiger partial charge is 0.261 e. The molecule has 0 unspecified atom stereocenters. The predicted molar refractivity (Wildman–Crippen MR) is 122 cm³/mol. The van der Waals surface area contributed by atoms with Crippen LogP contribution < -0.4 is 14.8 Å². The third-order valence-electron chi connectivity index (χ3n) is 4.84. The van der Waals surface area contributed by atoms with E-state index in [1.807, 2.05) is 0 Å². The summed E-state index contributed by atoms with van der Waals surface area (Å²) in [6, 6.07) is 18.6. The van der Waals surface area contributed by atoms with Crippen molar-refractivity contribution in [3.8, 4) is 5.75 Å². The largest absolute Gasteiger partial charge is 0.497 e. The van der Waals surface area contributed by atoms with Crippen molar-refractivity contribution >= 4 is 44.6 Å². The standard InChI is InChI=1S/C23H17ClN2O5S/c1-31-16-10-12-17(13-11-16)32(29,30)26-15-8-6-14(7-9-15)25-21-20(24)22(27)18-4-2-3-5-19(18)23(21)28/h2-13,25-26H,1H3. The zero-order chi connectivity index (χ0) is 22.9. The fourth-order valence-corrected chi connectivity index (χ4v) is 4.49. The molecule has 0 aromatic heterocycles. The summed E-state index contributed by atoms with van der Waals surface area (Å²) in [6.07, 6.45) is 0. The zero-order valence-corrected chi connectivity index (χ0v) is 18.3. The molecule has 0 saturated heterocycles. The van der Waals surface area contributed by atoms with E-state index in [2.05, 4.69) is 10.0 Å². The number of carbonyl (C=O) groups is 2. The Bertz CT molecular complexity index is 1350. The second-order valence-corrected chi connectivity index (χ2v) is 8.94. The lowest BCUT2D eigenvalue weighted by molar-refractivity contribution is 0.0982. The van der Waals surface area contributed by atoms with E-state index in [0.29, 0.717) is 17.1 Å². The average Bonchev–Trinajstić information content (AvgIpc) is 2.81. The highest BCUT2D eigenvalue weighted by Crippen LogP contribution is 2.30. The van der Waals surface area contributed by atoms with Gasteiger partial charge in [-0.05, 0) is 48.5 Å². The molecule has 0 amide bonds. The van der Waals surface area contributed by atoms with E-state index in [1.165, 1.54) is 31.4 Å². The van der Waals surface area contributed by atoms with Crippen LogP contribution in [0.3, 0.4) is 0 Å². The molecule has 1 aliphatic rings. The van der Waals surface area contributed by atoms with E-state index in [9.17, 15) is 18.0 Å². The number of rotatable bonds is 6. The first-order chi connectivity index (χ1) is 15.3. The predicted octanol–water partition coefficient (Wildman–Crippen LogP) is 4.44. The van der Waals surface area contributed by atoms with Crippen molar-refractivity contribution in [3.63, 3.8) is 0 Å². The third-order valence-corrected chi connectivity index (χ3v) is 6.60. The van der Waals surface area contributed by atoms with Gasteiger partial charge >= 0.3 is 0 Å². The van der Waals surface area contributed by atoms with E-state index in [1.54, 1.807) is 48.5 Å². The fourth-order valence-electron chi connectivity index (χ4n) is 3.19. The molecule has 7 nitrogen and oxygen atoms in total. The average molecular weight is 469 g/mol. The number of halogens is 1. The van der Waals surface area contributed by atoms with Gasteiger partial charge in [-0.2, -0.15) is 0 Å². The van der Waals surface area contributed by atoms with Gasteiger partial charge in [0, 0.05) is 22.5 Å². The topological polar surface area (TPSA) is 102 Å². The maximum absolute atomic E-state index is 12.8. The summed E-state index contributed by atoms with van der Waals surface area (Å²) in [4.78, 5) is 25.3. The van der Waals surface area contributed by atoms with Crippen LogP contribution >= 0.6 is 11.6 Å². The molecule has 1 aliphatic carbocycles. The Morgan fingerprint density at radius 3 is 1.94 bits per heavy atom. The highest BCUT2D eigenvalue weighted by molar-refractivity contribution is 7.92. The van der Waals surface area contributed by atoms with E-state index in [0.717, 1.165) is 0 Å². The van der Waals surface area contributed by atoms with Crippen molar-refractivity contribution in [1.82, 2.24) is 0 Å². The number of ether oxygens (including phenoxy) is 1. The highest BCUT2D eigenvalue weighted by Gasteiger charge is 2.31. The van der Waals surface area contributed by atoms with Crippen LogP contribution in [0.15, 0.2) is 88.4 Å². The summed E-state index contributed by atoms with van der Waals surface area (Å²) in [5, 5.41) is 2.68. The number of methoxy groups -OCH3 is 1. The van der Waals surface area contributed by atoms with Gasteiger partial charge in [-0.25, -0.2) is 8.42 Å². The second-order valence-electron chi connectivity index (χ2n) is 6.88. The van der Waals surface area contributed by atoms with Gasteiger partial charge in [0.2, 0.25) is 11.6 Å². The summed E-state index contributed by atoms with van der Waals surface area (Å²) in [6.45, 7) is 0. The molecule has 0 atom stereocenters. The van der Waals surface area contributed by atoms with Crippen LogP contribution in [-0.2, 0) is 10.0 Å². The van der Waals surface area contributed by atoms with Gasteiger partial charge < -0.3 is 10.1 Å². The number of hydrogen-bond acceptors (Lipinski definition) is 6. The van der Waals surface area contributed by atoms with E-state index in [-0.39, 0.29) is 26.8 Å². The number of benzene rings is 3. The normalized spacial score (nSPS) is 13.6. The lowest BCUT2D eigenvalue weighted by Gasteiger charge is -2.19. The number of Topliss-reactive ketones (excluding diaryl/α,β-unsaturated/α-hetero) is 2. The number of nitrogens with one attached hydrogen (secondary N) is 2. The second kappa shape index (κ2) is 8.49. The molecule has 9 heteroatoms. The van der Waals surface area contributed by atoms with Crippen LogP contribution in [0.4, 0.5) is 11.4 Å². The first-order valence-corrected chi connectivity index (χ1v) is 11.3. The van der Waals surface area contributed by atoms with Gasteiger partial charge in [-0.1, -0.05) is 35.9 Å². The SMILES string of the molecule is COc1ccc(S(=O)(=O)Nc2ccc(NC3=C(Cl)C(=O)c4ccccc4C3=O)cc2)cc1. The first-order valence-electron chi connectivity index (χ1n) is 9.42. The third kappa shape index (κ3) is 4.10. The van der Waals surface area contributed by atoms with Gasteiger partial charge in [-0.15, -0.1) is 0 Å². The van der Waals surface area contributed by atoms with Crippen LogP contribution in [0, 0.1) is 0 Å². The molecule has 0 bridgehead atoms. The Kier molecular flexibility index (Phi) is 5.73. The molecule has 3 aromatic carbocycles. The molecular weight excluding hydrogens is 452 g/mol. The Balaban J connectivity index is 1.52. The maximum Gasteiger partial charge on any atom is 0.261 e. The summed E-state index contributed by atoms with van der Waals surface area (Å²) in [5.41, 5.74) is 1.29. The molecule has 3 aromatic rings. The molecular formula is C23H17ClN2O5S. The van der Waals surface area contributed by atoms with Crippen LogP contribution in [0.2, 0.25) is 0 Å². The van der Waals surface area contributed by atoms with Crippen LogP contribution in [0.25, 0.3) is 0 Å². The van der Waals surface area contributed by atoms with E-state index in [4.69, 9.17) is 16.3 Å².